The van der Waals surface area contributed by atoms with Crippen LogP contribution in [0.2, 0.25) is 5.02 Å². The van der Waals surface area contributed by atoms with Crippen LogP contribution in [-0.4, -0.2) is 24.6 Å². The molecule has 0 aliphatic carbocycles. The largest absolute Gasteiger partial charge is 0.409 e. The summed E-state index contributed by atoms with van der Waals surface area (Å²) in [5.41, 5.74) is 6.99. The van der Waals surface area contributed by atoms with Gasteiger partial charge >= 0.3 is 0 Å². The molecule has 0 radical (unpaired) electrons. The number of oxime groups is 1. The molecule has 1 aromatic rings. The molecule has 0 atom stereocenters. The second-order valence-electron chi connectivity index (χ2n) is 3.16. The molecule has 0 aliphatic rings. The second-order valence-corrected chi connectivity index (χ2v) is 3.57. The molecule has 0 saturated heterocycles. The first kappa shape index (κ1) is 11.7. The lowest BCUT2D eigenvalue weighted by molar-refractivity contribution is 0.318. The van der Waals surface area contributed by atoms with Crippen LogP contribution in [0.15, 0.2) is 23.4 Å². The molecule has 0 amide bonds. The monoisotopic (exact) mass is 227 g/mol. The van der Waals surface area contributed by atoms with Crippen molar-refractivity contribution in [1.82, 2.24) is 0 Å². The molecule has 4 nitrogen and oxygen atoms in total. The lowest BCUT2D eigenvalue weighted by Crippen LogP contribution is -2.17. The smallest absolute Gasteiger partial charge is 0.171 e. The van der Waals surface area contributed by atoms with Gasteiger partial charge in [0.05, 0.1) is 5.02 Å². The molecule has 0 bridgehead atoms. The minimum absolute atomic E-state index is 0.0192. The minimum Gasteiger partial charge on any atom is -0.409 e. The van der Waals surface area contributed by atoms with Gasteiger partial charge in [-0.05, 0) is 25.1 Å². The molecule has 82 valence electrons. The molecule has 0 heterocycles. The Labute approximate surface area is 93.9 Å². The first-order valence-corrected chi connectivity index (χ1v) is 4.96. The minimum atomic E-state index is 0.0192. The zero-order valence-electron chi connectivity index (χ0n) is 8.74. The van der Waals surface area contributed by atoms with Crippen LogP contribution in [0, 0.1) is 0 Å². The van der Waals surface area contributed by atoms with Gasteiger partial charge in [-0.25, -0.2) is 0 Å². The van der Waals surface area contributed by atoms with Gasteiger partial charge in [-0.15, -0.1) is 0 Å². The molecule has 0 fully saturated rings. The Bertz CT molecular complexity index is 379. The van der Waals surface area contributed by atoms with Crippen molar-refractivity contribution in [2.45, 2.75) is 6.92 Å². The molecule has 15 heavy (non-hydrogen) atoms. The third kappa shape index (κ3) is 2.53. The molecule has 5 heteroatoms. The molecule has 0 aliphatic heterocycles. The topological polar surface area (TPSA) is 61.8 Å². The van der Waals surface area contributed by atoms with Crippen molar-refractivity contribution in [3.05, 3.63) is 28.8 Å². The Morgan fingerprint density at radius 2 is 2.27 bits per heavy atom. The summed E-state index contributed by atoms with van der Waals surface area (Å²) < 4.78 is 0. The van der Waals surface area contributed by atoms with E-state index in [0.29, 0.717) is 10.6 Å². The van der Waals surface area contributed by atoms with E-state index in [2.05, 4.69) is 5.16 Å². The van der Waals surface area contributed by atoms with Gasteiger partial charge in [0.15, 0.2) is 5.84 Å². The van der Waals surface area contributed by atoms with Gasteiger partial charge < -0.3 is 15.8 Å². The summed E-state index contributed by atoms with van der Waals surface area (Å²) in [5, 5.41) is 11.9. The molecule has 3 N–H and O–H groups in total. The fourth-order valence-corrected chi connectivity index (χ4v) is 1.46. The first-order valence-electron chi connectivity index (χ1n) is 4.58. The van der Waals surface area contributed by atoms with Crippen LogP contribution in [0.4, 0.5) is 5.69 Å². The van der Waals surface area contributed by atoms with Crippen molar-refractivity contribution in [1.29, 1.82) is 0 Å². The molecular formula is C10H14ClN3O. The lowest BCUT2D eigenvalue weighted by atomic mass is 10.2. The third-order valence-corrected chi connectivity index (χ3v) is 2.56. The second kappa shape index (κ2) is 4.89. The van der Waals surface area contributed by atoms with Gasteiger partial charge in [0, 0.05) is 24.8 Å². The van der Waals surface area contributed by atoms with Crippen LogP contribution in [0.25, 0.3) is 0 Å². The van der Waals surface area contributed by atoms with Crippen molar-refractivity contribution in [3.63, 3.8) is 0 Å². The van der Waals surface area contributed by atoms with Crippen LogP contribution >= 0.6 is 11.6 Å². The van der Waals surface area contributed by atoms with E-state index in [-0.39, 0.29) is 5.84 Å². The van der Waals surface area contributed by atoms with Crippen molar-refractivity contribution < 1.29 is 5.21 Å². The Morgan fingerprint density at radius 3 is 2.73 bits per heavy atom. The normalized spacial score (nSPS) is 11.5. The summed E-state index contributed by atoms with van der Waals surface area (Å²) in [5.74, 6) is 0.0192. The predicted molar refractivity (Wildman–Crippen MR) is 62.9 cm³/mol. The number of benzene rings is 1. The fraction of sp³-hybridized carbons (Fsp3) is 0.300. The summed E-state index contributed by atoms with van der Waals surface area (Å²) >= 11 is 6.01. The van der Waals surface area contributed by atoms with Gasteiger partial charge in [-0.1, -0.05) is 16.8 Å². The summed E-state index contributed by atoms with van der Waals surface area (Å²) in [4.78, 5) is 2.04. The van der Waals surface area contributed by atoms with Crippen LogP contribution in [0.1, 0.15) is 12.5 Å². The van der Waals surface area contributed by atoms with Gasteiger partial charge in [0.25, 0.3) is 0 Å². The van der Waals surface area contributed by atoms with Gasteiger partial charge in [0.2, 0.25) is 0 Å². The third-order valence-electron chi connectivity index (χ3n) is 2.25. The first-order chi connectivity index (χ1) is 7.10. The summed E-state index contributed by atoms with van der Waals surface area (Å²) in [6, 6.07) is 5.40. The highest BCUT2D eigenvalue weighted by Gasteiger charge is 2.07. The quantitative estimate of drug-likeness (QED) is 0.359. The molecule has 0 saturated carbocycles. The molecule has 1 rings (SSSR count). The van der Waals surface area contributed by atoms with E-state index in [1.54, 1.807) is 12.1 Å². The Morgan fingerprint density at radius 1 is 1.60 bits per heavy atom. The van der Waals surface area contributed by atoms with Crippen molar-refractivity contribution in [2.75, 3.05) is 18.5 Å². The number of rotatable bonds is 3. The fourth-order valence-electron chi connectivity index (χ4n) is 1.19. The number of halogens is 1. The van der Waals surface area contributed by atoms with E-state index in [1.807, 2.05) is 24.9 Å². The van der Waals surface area contributed by atoms with E-state index < -0.39 is 0 Å². The maximum atomic E-state index is 8.53. The van der Waals surface area contributed by atoms with E-state index in [4.69, 9.17) is 22.5 Å². The SMILES string of the molecule is CCN(C)c1ccc(C(N)=NO)c(Cl)c1. The molecule has 0 unspecified atom stereocenters. The Hall–Kier alpha value is -1.42. The number of hydrogen-bond acceptors (Lipinski definition) is 3. The molecule has 0 spiro atoms. The molecule has 0 aromatic heterocycles. The number of anilines is 1. The van der Waals surface area contributed by atoms with E-state index in [9.17, 15) is 0 Å². The van der Waals surface area contributed by atoms with Gasteiger partial charge in [-0.2, -0.15) is 0 Å². The zero-order valence-corrected chi connectivity index (χ0v) is 9.49. The number of nitrogens with two attached hydrogens (primary N) is 1. The Balaban J connectivity index is 3.08. The summed E-state index contributed by atoms with van der Waals surface area (Å²) in [6.07, 6.45) is 0. The highest BCUT2D eigenvalue weighted by atomic mass is 35.5. The molecule has 1 aromatic carbocycles. The highest BCUT2D eigenvalue weighted by molar-refractivity contribution is 6.34. The summed E-state index contributed by atoms with van der Waals surface area (Å²) in [7, 11) is 1.97. The van der Waals surface area contributed by atoms with E-state index in [0.717, 1.165) is 12.2 Å². The van der Waals surface area contributed by atoms with E-state index >= 15 is 0 Å². The number of hydrogen-bond donors (Lipinski definition) is 2. The van der Waals surface area contributed by atoms with Crippen LogP contribution < -0.4 is 10.6 Å². The van der Waals surface area contributed by atoms with E-state index in [1.165, 1.54) is 0 Å². The van der Waals surface area contributed by atoms with Gasteiger partial charge in [0.1, 0.15) is 0 Å². The number of nitrogens with zero attached hydrogens (tertiary/aromatic N) is 2. The Kier molecular flexibility index (Phi) is 3.80. The van der Waals surface area contributed by atoms with Crippen molar-refractivity contribution >= 4 is 23.1 Å². The van der Waals surface area contributed by atoms with Crippen LogP contribution in [-0.2, 0) is 0 Å². The van der Waals surface area contributed by atoms with Crippen molar-refractivity contribution in [3.8, 4) is 0 Å². The lowest BCUT2D eigenvalue weighted by Gasteiger charge is -2.17. The van der Waals surface area contributed by atoms with Crippen molar-refractivity contribution in [2.24, 2.45) is 10.9 Å². The average molecular weight is 228 g/mol. The molecular weight excluding hydrogens is 214 g/mol. The maximum absolute atomic E-state index is 8.53. The van der Waals surface area contributed by atoms with Crippen LogP contribution in [0.3, 0.4) is 0 Å². The zero-order chi connectivity index (χ0) is 11.4. The predicted octanol–water partition coefficient (Wildman–Crippen LogP) is 1.89. The van der Waals surface area contributed by atoms with Gasteiger partial charge in [-0.3, -0.25) is 0 Å². The van der Waals surface area contributed by atoms with Crippen LogP contribution in [0.5, 0.6) is 0 Å². The summed E-state index contributed by atoms with van der Waals surface area (Å²) in [6.45, 7) is 2.94. The average Bonchev–Trinajstić information content (AvgIpc) is 2.26. The standard InChI is InChI=1S/C10H14ClN3O/c1-3-14(2)7-4-5-8(9(11)6-7)10(12)13-15/h4-6,15H,3H2,1-2H3,(H2,12,13). The number of amidine groups is 1. The maximum Gasteiger partial charge on any atom is 0.171 e. The highest BCUT2D eigenvalue weighted by Crippen LogP contribution is 2.22.